The lowest BCUT2D eigenvalue weighted by atomic mass is 10.1. The number of carbonyl (C=O) groups is 1. The quantitative estimate of drug-likeness (QED) is 0.348. The lowest BCUT2D eigenvalue weighted by molar-refractivity contribution is -0.122. The fraction of sp³-hybridized carbons (Fsp3) is 0.200. The molecule has 1 unspecified atom stereocenters. The number of imidazole rings is 1. The van der Waals surface area contributed by atoms with E-state index in [2.05, 4.69) is 15.3 Å². The van der Waals surface area contributed by atoms with E-state index in [1.807, 2.05) is 18.3 Å². The third-order valence-corrected chi connectivity index (χ3v) is 5.70. The Bertz CT molecular complexity index is 1210. The van der Waals surface area contributed by atoms with Gasteiger partial charge in [0.1, 0.15) is 12.4 Å². The van der Waals surface area contributed by atoms with Crippen molar-refractivity contribution in [3.8, 4) is 11.4 Å². The van der Waals surface area contributed by atoms with E-state index in [4.69, 9.17) is 40.5 Å². The molecule has 0 aliphatic heterocycles. The number of H-pyrrole nitrogens is 1. The van der Waals surface area contributed by atoms with Crippen LogP contribution >= 0.6 is 34.8 Å². The van der Waals surface area contributed by atoms with Gasteiger partial charge >= 0.3 is 0 Å². The molecule has 0 aliphatic rings. The van der Waals surface area contributed by atoms with Gasteiger partial charge in [-0.05, 0) is 30.3 Å². The molecule has 2 aromatic carbocycles. The second-order valence-electron chi connectivity index (χ2n) is 6.89. The minimum absolute atomic E-state index is 0.0628. The Kier molecular flexibility index (Phi) is 5.90. The molecule has 0 saturated carbocycles. The maximum Gasteiger partial charge on any atom is 0.240 e. The molecule has 0 spiro atoms. The summed E-state index contributed by atoms with van der Waals surface area (Å²) in [5, 5.41) is 14.5. The topological polar surface area (TPSA) is 109 Å². The number of hydrogen-bond acceptors (Lipinski definition) is 4. The summed E-state index contributed by atoms with van der Waals surface area (Å²) in [7, 11) is 0. The zero-order valence-corrected chi connectivity index (χ0v) is 17.9. The van der Waals surface area contributed by atoms with E-state index < -0.39 is 6.10 Å². The van der Waals surface area contributed by atoms with E-state index in [0.29, 0.717) is 26.4 Å². The SMILES string of the molecule is NCC(O)CNC(=O)Cn1cc(-c2nc3cc(Cl)c(Cl)cc3[nH]2)c2cc(Cl)ccc21. The van der Waals surface area contributed by atoms with Crippen LogP contribution in [0, 0.1) is 0 Å². The van der Waals surface area contributed by atoms with Gasteiger partial charge < -0.3 is 25.7 Å². The second kappa shape index (κ2) is 8.45. The molecule has 4 aromatic rings. The molecule has 0 aliphatic carbocycles. The zero-order chi connectivity index (χ0) is 21.4. The average molecular weight is 467 g/mol. The molecule has 2 aromatic heterocycles. The van der Waals surface area contributed by atoms with Gasteiger partial charge in [-0.25, -0.2) is 4.98 Å². The number of fused-ring (bicyclic) bond motifs is 2. The van der Waals surface area contributed by atoms with Crippen LogP contribution in [0.2, 0.25) is 15.1 Å². The molecule has 0 saturated heterocycles. The molecule has 7 nitrogen and oxygen atoms in total. The first-order chi connectivity index (χ1) is 14.4. The van der Waals surface area contributed by atoms with Crippen LogP contribution in [-0.2, 0) is 11.3 Å². The Morgan fingerprint density at radius 3 is 2.77 bits per heavy atom. The third-order valence-electron chi connectivity index (χ3n) is 4.74. The largest absolute Gasteiger partial charge is 0.390 e. The van der Waals surface area contributed by atoms with Crippen LogP contribution in [0.4, 0.5) is 0 Å². The summed E-state index contributed by atoms with van der Waals surface area (Å²) in [6.07, 6.45) is 1.06. The Morgan fingerprint density at radius 1 is 1.23 bits per heavy atom. The van der Waals surface area contributed by atoms with Crippen molar-refractivity contribution in [3.63, 3.8) is 0 Å². The molecule has 2 heterocycles. The predicted molar refractivity (Wildman–Crippen MR) is 120 cm³/mol. The summed E-state index contributed by atoms with van der Waals surface area (Å²) in [5.74, 6) is 0.359. The number of nitrogens with one attached hydrogen (secondary N) is 2. The Labute approximate surface area is 186 Å². The smallest absolute Gasteiger partial charge is 0.240 e. The number of hydrogen-bond donors (Lipinski definition) is 4. The fourth-order valence-corrected chi connectivity index (χ4v) is 3.74. The normalized spacial score (nSPS) is 12.6. The lowest BCUT2D eigenvalue weighted by Gasteiger charge is -2.10. The number of carbonyl (C=O) groups excluding carboxylic acids is 1. The van der Waals surface area contributed by atoms with Crippen molar-refractivity contribution >= 4 is 62.6 Å². The maximum atomic E-state index is 12.3. The highest BCUT2D eigenvalue weighted by Crippen LogP contribution is 2.34. The number of rotatable bonds is 6. The van der Waals surface area contributed by atoms with E-state index >= 15 is 0 Å². The minimum Gasteiger partial charge on any atom is -0.390 e. The molecule has 10 heteroatoms. The van der Waals surface area contributed by atoms with Gasteiger partial charge in [-0.1, -0.05) is 34.8 Å². The number of aliphatic hydroxyl groups excluding tert-OH is 1. The number of benzene rings is 2. The van der Waals surface area contributed by atoms with Crippen molar-refractivity contribution in [1.82, 2.24) is 19.9 Å². The molecule has 30 heavy (non-hydrogen) atoms. The molecular weight excluding hydrogens is 449 g/mol. The first-order valence-corrected chi connectivity index (χ1v) is 10.3. The van der Waals surface area contributed by atoms with Crippen molar-refractivity contribution in [2.75, 3.05) is 13.1 Å². The summed E-state index contributed by atoms with van der Waals surface area (Å²) in [5.41, 5.74) is 8.40. The summed E-state index contributed by atoms with van der Waals surface area (Å²) in [4.78, 5) is 20.2. The molecule has 4 rings (SSSR count). The van der Waals surface area contributed by atoms with Crippen LogP contribution in [0.1, 0.15) is 0 Å². The van der Waals surface area contributed by atoms with Gasteiger partial charge in [-0.2, -0.15) is 0 Å². The van der Waals surface area contributed by atoms with Gasteiger partial charge in [0.25, 0.3) is 0 Å². The number of aliphatic hydroxyl groups is 1. The standard InChI is InChI=1S/C20H18Cl3N5O2/c21-10-1-2-18-12(3-10)13(8-28(18)9-19(30)25-7-11(29)6-24)20-26-16-4-14(22)15(23)5-17(16)27-20/h1-5,8,11,29H,6-7,9,24H2,(H,25,30)(H,26,27). The Morgan fingerprint density at radius 2 is 2.00 bits per heavy atom. The number of aromatic amines is 1. The Hall–Kier alpha value is -2.29. The Balaban J connectivity index is 1.74. The van der Waals surface area contributed by atoms with Gasteiger partial charge in [0.15, 0.2) is 0 Å². The van der Waals surface area contributed by atoms with Crippen molar-refractivity contribution in [2.45, 2.75) is 12.6 Å². The first kappa shape index (κ1) is 21.0. The van der Waals surface area contributed by atoms with Gasteiger partial charge in [0.05, 0.1) is 27.2 Å². The third kappa shape index (κ3) is 4.12. The minimum atomic E-state index is -0.779. The number of aromatic nitrogens is 3. The molecule has 156 valence electrons. The molecule has 0 fully saturated rings. The summed E-state index contributed by atoms with van der Waals surface area (Å²) < 4.78 is 1.80. The number of nitrogens with two attached hydrogens (primary N) is 1. The van der Waals surface area contributed by atoms with Crippen molar-refractivity contribution < 1.29 is 9.90 Å². The second-order valence-corrected chi connectivity index (χ2v) is 8.15. The molecule has 1 atom stereocenters. The van der Waals surface area contributed by atoms with Crippen LogP contribution in [0.5, 0.6) is 0 Å². The zero-order valence-electron chi connectivity index (χ0n) is 15.6. The van der Waals surface area contributed by atoms with Gasteiger partial charge in [0, 0.05) is 40.8 Å². The summed E-state index contributed by atoms with van der Waals surface area (Å²) >= 11 is 18.4. The molecule has 0 radical (unpaired) electrons. The van der Waals surface area contributed by atoms with Crippen LogP contribution in [-0.4, -0.2) is 44.7 Å². The number of amides is 1. The highest BCUT2D eigenvalue weighted by atomic mass is 35.5. The summed E-state index contributed by atoms with van der Waals surface area (Å²) in [6, 6.07) is 8.85. The van der Waals surface area contributed by atoms with Crippen molar-refractivity contribution in [1.29, 1.82) is 0 Å². The van der Waals surface area contributed by atoms with Crippen LogP contribution in [0.25, 0.3) is 33.3 Å². The van der Waals surface area contributed by atoms with Gasteiger partial charge in [0.2, 0.25) is 5.91 Å². The van der Waals surface area contributed by atoms with Crippen molar-refractivity contribution in [3.05, 3.63) is 51.6 Å². The fourth-order valence-electron chi connectivity index (χ4n) is 3.25. The van der Waals surface area contributed by atoms with Gasteiger partial charge in [-0.3, -0.25) is 4.79 Å². The van der Waals surface area contributed by atoms with Crippen LogP contribution in [0.15, 0.2) is 36.5 Å². The van der Waals surface area contributed by atoms with E-state index in [9.17, 15) is 9.90 Å². The highest BCUT2D eigenvalue weighted by molar-refractivity contribution is 6.42. The molecule has 5 N–H and O–H groups in total. The number of nitrogens with zero attached hydrogens (tertiary/aromatic N) is 2. The predicted octanol–water partition coefficient (Wildman–Crippen LogP) is 3.58. The van der Waals surface area contributed by atoms with Crippen LogP contribution in [0.3, 0.4) is 0 Å². The monoisotopic (exact) mass is 465 g/mol. The van der Waals surface area contributed by atoms with Gasteiger partial charge in [-0.15, -0.1) is 0 Å². The molecule has 0 bridgehead atoms. The van der Waals surface area contributed by atoms with E-state index in [-0.39, 0.29) is 25.5 Å². The lowest BCUT2D eigenvalue weighted by Crippen LogP contribution is -2.37. The maximum absolute atomic E-state index is 12.3. The number of halogens is 3. The molecule has 1 amide bonds. The van der Waals surface area contributed by atoms with E-state index in [0.717, 1.165) is 22.0 Å². The summed E-state index contributed by atoms with van der Waals surface area (Å²) in [6.45, 7) is 0.237. The van der Waals surface area contributed by atoms with Crippen LogP contribution < -0.4 is 11.1 Å². The first-order valence-electron chi connectivity index (χ1n) is 9.14. The average Bonchev–Trinajstić information content (AvgIpc) is 3.27. The van der Waals surface area contributed by atoms with E-state index in [1.54, 1.807) is 22.8 Å². The highest BCUT2D eigenvalue weighted by Gasteiger charge is 2.17. The molecular formula is C20H18Cl3N5O2. The van der Waals surface area contributed by atoms with E-state index in [1.165, 1.54) is 0 Å². The van der Waals surface area contributed by atoms with Crippen molar-refractivity contribution in [2.24, 2.45) is 5.73 Å².